The molecule has 0 heterocycles. The second-order valence-electron chi connectivity index (χ2n) is 8.37. The molecular formula is C27H27N3O7. The number of nitrogens with zero attached hydrogens (tertiary/aromatic N) is 2. The third-order valence-electron chi connectivity index (χ3n) is 5.76. The van der Waals surface area contributed by atoms with Gasteiger partial charge in [0.05, 0.1) is 5.92 Å². The fourth-order valence-corrected chi connectivity index (χ4v) is 3.75. The van der Waals surface area contributed by atoms with Gasteiger partial charge in [-0.25, -0.2) is 20.0 Å². The summed E-state index contributed by atoms with van der Waals surface area (Å²) in [5, 5.41) is 12.2. The van der Waals surface area contributed by atoms with Gasteiger partial charge >= 0.3 is 12.2 Å². The molecule has 0 saturated carbocycles. The monoisotopic (exact) mass is 505 g/mol. The van der Waals surface area contributed by atoms with E-state index in [4.69, 9.17) is 9.47 Å². The molecule has 2 amide bonds. The Labute approximate surface area is 213 Å². The lowest BCUT2D eigenvalue weighted by Gasteiger charge is -2.39. The van der Waals surface area contributed by atoms with Crippen LogP contribution >= 0.6 is 0 Å². The Morgan fingerprint density at radius 1 is 0.919 bits per heavy atom. The molecule has 0 aliphatic heterocycles. The summed E-state index contributed by atoms with van der Waals surface area (Å²) in [6.45, 7) is 0.371. The van der Waals surface area contributed by atoms with Crippen LogP contribution in [0.15, 0.2) is 91.0 Å². The lowest BCUT2D eigenvalue weighted by Crippen LogP contribution is -2.63. The summed E-state index contributed by atoms with van der Waals surface area (Å²) in [4.78, 5) is 49.5. The Morgan fingerprint density at radius 3 is 1.89 bits per heavy atom. The lowest BCUT2D eigenvalue weighted by atomic mass is 9.81. The highest BCUT2D eigenvalue weighted by atomic mass is 16.6. The van der Waals surface area contributed by atoms with Crippen LogP contribution in [0.1, 0.15) is 29.5 Å². The summed E-state index contributed by atoms with van der Waals surface area (Å²) in [7, 11) is 0. The number of hydrogen-bond acceptors (Lipinski definition) is 7. The maximum atomic E-state index is 13.3. The number of nitrogens with one attached hydrogen (secondary N) is 1. The van der Waals surface area contributed by atoms with Crippen LogP contribution < -0.4 is 5.43 Å². The number of aldehydes is 1. The van der Waals surface area contributed by atoms with E-state index in [0.717, 1.165) is 0 Å². The van der Waals surface area contributed by atoms with Crippen LogP contribution in [0.4, 0.5) is 9.59 Å². The number of amides is 2. The molecule has 0 aliphatic rings. The highest BCUT2D eigenvalue weighted by Crippen LogP contribution is 2.32. The molecule has 1 N–H and O–H groups in total. The van der Waals surface area contributed by atoms with Crippen molar-refractivity contribution in [3.05, 3.63) is 118 Å². The van der Waals surface area contributed by atoms with E-state index in [1.54, 1.807) is 84.9 Å². The van der Waals surface area contributed by atoms with Crippen molar-refractivity contribution in [2.75, 3.05) is 6.54 Å². The zero-order valence-electron chi connectivity index (χ0n) is 20.2. The van der Waals surface area contributed by atoms with Crippen molar-refractivity contribution in [2.24, 2.45) is 0 Å². The minimum atomic E-state index is -1.91. The summed E-state index contributed by atoms with van der Waals surface area (Å²) in [5.41, 5.74) is 2.16. The van der Waals surface area contributed by atoms with Gasteiger partial charge in [0, 0.05) is 4.92 Å². The van der Waals surface area contributed by atoms with Crippen LogP contribution in [0, 0.1) is 10.1 Å². The summed E-state index contributed by atoms with van der Waals surface area (Å²) >= 11 is 0. The molecule has 192 valence electrons. The number of hydrazine groups is 1. The van der Waals surface area contributed by atoms with Gasteiger partial charge < -0.3 is 14.3 Å². The van der Waals surface area contributed by atoms with Gasteiger partial charge in [0.25, 0.3) is 0 Å². The zero-order valence-corrected chi connectivity index (χ0v) is 20.2. The Bertz CT molecular complexity index is 1190. The van der Waals surface area contributed by atoms with Crippen LogP contribution in [0.3, 0.4) is 0 Å². The number of carbonyl (C=O) groups excluding carboxylic acids is 3. The number of rotatable bonds is 10. The summed E-state index contributed by atoms with van der Waals surface area (Å²) in [6, 6.07) is 25.9. The smallest absolute Gasteiger partial charge is 0.430 e. The van der Waals surface area contributed by atoms with E-state index in [-0.39, 0.29) is 13.2 Å². The third-order valence-corrected chi connectivity index (χ3v) is 5.76. The van der Waals surface area contributed by atoms with Gasteiger partial charge in [-0.2, -0.15) is 0 Å². The van der Waals surface area contributed by atoms with Gasteiger partial charge in [0.2, 0.25) is 6.54 Å². The van der Waals surface area contributed by atoms with Crippen molar-refractivity contribution in [2.45, 2.75) is 31.6 Å². The SMILES string of the molecule is C[C@](C=O)([C@H](C[N+](=O)[O-])c1ccccc1)N(NC(=O)OCc1ccccc1)C(=O)OCc1ccccc1. The van der Waals surface area contributed by atoms with Gasteiger partial charge in [-0.3, -0.25) is 10.1 Å². The fraction of sp³-hybridized carbons (Fsp3) is 0.222. The van der Waals surface area contributed by atoms with E-state index in [1.165, 1.54) is 6.92 Å². The van der Waals surface area contributed by atoms with E-state index in [9.17, 15) is 24.5 Å². The number of benzene rings is 3. The van der Waals surface area contributed by atoms with Crippen molar-refractivity contribution < 1.29 is 28.8 Å². The van der Waals surface area contributed by atoms with Crippen LogP contribution in [-0.2, 0) is 27.5 Å². The minimum absolute atomic E-state index is 0.103. The normalized spacial score (nSPS) is 12.9. The van der Waals surface area contributed by atoms with Crippen molar-refractivity contribution in [3.8, 4) is 0 Å². The van der Waals surface area contributed by atoms with Crippen LogP contribution in [-0.4, -0.2) is 40.5 Å². The van der Waals surface area contributed by atoms with Gasteiger partial charge in [0.1, 0.15) is 25.0 Å². The molecule has 3 rings (SSSR count). The molecule has 3 aromatic rings. The lowest BCUT2D eigenvalue weighted by molar-refractivity contribution is -0.485. The topological polar surface area (TPSA) is 128 Å². The number of ether oxygens (including phenoxy) is 2. The predicted molar refractivity (Wildman–Crippen MR) is 134 cm³/mol. The van der Waals surface area contributed by atoms with E-state index in [1.807, 2.05) is 6.07 Å². The molecule has 3 aromatic carbocycles. The largest absolute Gasteiger partial charge is 0.443 e. The Kier molecular flexibility index (Phi) is 9.31. The van der Waals surface area contributed by atoms with E-state index in [2.05, 4.69) is 5.43 Å². The molecule has 0 fully saturated rings. The highest BCUT2D eigenvalue weighted by Gasteiger charge is 2.48. The molecule has 0 spiro atoms. The van der Waals surface area contributed by atoms with Crippen LogP contribution in [0.25, 0.3) is 0 Å². The Hall–Kier alpha value is -4.73. The Balaban J connectivity index is 1.90. The van der Waals surface area contributed by atoms with Crippen molar-refractivity contribution in [1.29, 1.82) is 0 Å². The van der Waals surface area contributed by atoms with Crippen LogP contribution in [0.5, 0.6) is 0 Å². The Morgan fingerprint density at radius 2 is 1.41 bits per heavy atom. The summed E-state index contributed by atoms with van der Waals surface area (Å²) in [6.07, 6.45) is -1.74. The molecule has 0 radical (unpaired) electrons. The average molecular weight is 506 g/mol. The van der Waals surface area contributed by atoms with E-state index >= 15 is 0 Å². The van der Waals surface area contributed by atoms with Crippen molar-refractivity contribution in [3.63, 3.8) is 0 Å². The highest BCUT2D eigenvalue weighted by molar-refractivity contribution is 5.80. The van der Waals surface area contributed by atoms with Crippen molar-refractivity contribution in [1.82, 2.24) is 10.4 Å². The third kappa shape index (κ3) is 7.38. The first kappa shape index (κ1) is 26.9. The first-order chi connectivity index (χ1) is 17.8. The molecule has 2 atom stereocenters. The molecule has 0 unspecified atom stereocenters. The first-order valence-corrected chi connectivity index (χ1v) is 11.4. The molecule has 10 nitrogen and oxygen atoms in total. The number of hydrogen-bond donors (Lipinski definition) is 1. The predicted octanol–water partition coefficient (Wildman–Crippen LogP) is 4.48. The van der Waals surface area contributed by atoms with Crippen molar-refractivity contribution >= 4 is 18.5 Å². The summed E-state index contributed by atoms with van der Waals surface area (Å²) < 4.78 is 10.6. The average Bonchev–Trinajstić information content (AvgIpc) is 2.93. The maximum absolute atomic E-state index is 13.3. The number of carbonyl (C=O) groups is 3. The molecule has 0 aromatic heterocycles. The number of nitro groups is 1. The first-order valence-electron chi connectivity index (χ1n) is 11.4. The second kappa shape index (κ2) is 12.8. The molecule has 10 heteroatoms. The van der Waals surface area contributed by atoms with Gasteiger partial charge in [-0.1, -0.05) is 91.0 Å². The zero-order chi connectivity index (χ0) is 26.7. The van der Waals surface area contributed by atoms with E-state index < -0.39 is 35.1 Å². The summed E-state index contributed by atoms with van der Waals surface area (Å²) in [5.74, 6) is -1.13. The minimum Gasteiger partial charge on any atom is -0.443 e. The van der Waals surface area contributed by atoms with E-state index in [0.29, 0.717) is 28.0 Å². The standard InChI is InChI=1S/C27H27N3O7/c1-27(20-31,24(17-29(34)35)23-15-9-4-10-16-23)30(26(33)37-19-22-13-7-3-8-14-22)28-25(32)36-18-21-11-5-2-6-12-21/h2-16,20,24H,17-19H2,1H3,(H,28,32)/t24-,27+/m1/s1. The molecule has 0 bridgehead atoms. The second-order valence-corrected chi connectivity index (χ2v) is 8.37. The quantitative estimate of drug-likeness (QED) is 0.244. The molecular weight excluding hydrogens is 478 g/mol. The molecule has 0 aliphatic carbocycles. The van der Waals surface area contributed by atoms with Gasteiger partial charge in [-0.05, 0) is 23.6 Å². The molecule has 37 heavy (non-hydrogen) atoms. The molecule has 0 saturated heterocycles. The van der Waals surface area contributed by atoms with Gasteiger partial charge in [-0.15, -0.1) is 0 Å². The fourth-order valence-electron chi connectivity index (χ4n) is 3.75. The van der Waals surface area contributed by atoms with Gasteiger partial charge in [0.15, 0.2) is 0 Å². The van der Waals surface area contributed by atoms with Crippen LogP contribution in [0.2, 0.25) is 0 Å². The maximum Gasteiger partial charge on any atom is 0.430 e.